The molecule has 0 saturated heterocycles. The van der Waals surface area contributed by atoms with Crippen LogP contribution in [0.25, 0.3) is 10.6 Å². The Labute approximate surface area is 120 Å². The number of furan rings is 1. The molecular weight excluding hydrogens is 275 g/mol. The lowest BCUT2D eigenvalue weighted by atomic mass is 10.2. The van der Waals surface area contributed by atoms with Gasteiger partial charge in [-0.2, -0.15) is 0 Å². The molecule has 0 spiro atoms. The number of hydrogen-bond donors (Lipinski definition) is 1. The molecule has 0 bridgehead atoms. The Kier molecular flexibility index (Phi) is 3.90. The van der Waals surface area contributed by atoms with Gasteiger partial charge in [0.25, 0.3) is 0 Å². The lowest BCUT2D eigenvalue weighted by Gasteiger charge is -2.03. The average molecular weight is 288 g/mol. The van der Waals surface area contributed by atoms with E-state index in [4.69, 9.17) is 4.42 Å². The zero-order valence-electron chi connectivity index (χ0n) is 10.7. The van der Waals surface area contributed by atoms with E-state index >= 15 is 0 Å². The van der Waals surface area contributed by atoms with Crippen LogP contribution < -0.4 is 5.32 Å². The molecule has 5 heteroatoms. The van der Waals surface area contributed by atoms with Gasteiger partial charge in [-0.25, -0.2) is 9.37 Å². The molecule has 0 atom stereocenters. The smallest absolute Gasteiger partial charge is 0.145 e. The first-order chi connectivity index (χ1) is 9.83. The molecule has 0 amide bonds. The first-order valence-electron chi connectivity index (χ1n) is 6.25. The van der Waals surface area contributed by atoms with Gasteiger partial charge in [-0.15, -0.1) is 11.3 Å². The minimum Gasteiger partial charge on any atom is -0.463 e. The van der Waals surface area contributed by atoms with E-state index in [0.29, 0.717) is 18.7 Å². The van der Waals surface area contributed by atoms with Gasteiger partial charge < -0.3 is 9.73 Å². The number of rotatable bonds is 5. The molecule has 1 aromatic carbocycles. The summed E-state index contributed by atoms with van der Waals surface area (Å²) < 4.78 is 18.8. The van der Waals surface area contributed by atoms with E-state index in [2.05, 4.69) is 10.3 Å². The van der Waals surface area contributed by atoms with E-state index in [1.54, 1.807) is 35.9 Å². The zero-order valence-corrected chi connectivity index (χ0v) is 11.5. The molecule has 0 radical (unpaired) electrons. The van der Waals surface area contributed by atoms with Crippen molar-refractivity contribution in [1.29, 1.82) is 0 Å². The Bertz CT molecular complexity index is 679. The minimum atomic E-state index is -0.185. The highest BCUT2D eigenvalue weighted by atomic mass is 32.1. The number of benzene rings is 1. The molecular formula is C15H13FN2OS. The topological polar surface area (TPSA) is 38.1 Å². The number of aromatic nitrogens is 1. The summed E-state index contributed by atoms with van der Waals surface area (Å²) >= 11 is 1.57. The Hall–Kier alpha value is -1.98. The maximum atomic E-state index is 13.4. The van der Waals surface area contributed by atoms with Crippen LogP contribution in [-0.2, 0) is 13.1 Å². The SMILES string of the molecule is Fc1ccccc1CNCc1ncc(-c2ccco2)s1. The molecule has 0 saturated carbocycles. The highest BCUT2D eigenvalue weighted by Gasteiger charge is 2.07. The zero-order chi connectivity index (χ0) is 13.8. The normalized spacial score (nSPS) is 10.8. The van der Waals surface area contributed by atoms with Gasteiger partial charge in [-0.1, -0.05) is 18.2 Å². The number of nitrogens with zero attached hydrogens (tertiary/aromatic N) is 1. The second-order valence-corrected chi connectivity index (χ2v) is 5.41. The van der Waals surface area contributed by atoms with E-state index in [0.717, 1.165) is 15.6 Å². The van der Waals surface area contributed by atoms with Gasteiger partial charge >= 0.3 is 0 Å². The quantitative estimate of drug-likeness (QED) is 0.775. The van der Waals surface area contributed by atoms with E-state index < -0.39 is 0 Å². The summed E-state index contributed by atoms with van der Waals surface area (Å²) in [5.41, 5.74) is 0.662. The molecule has 0 aliphatic heterocycles. The van der Waals surface area contributed by atoms with Crippen LogP contribution in [-0.4, -0.2) is 4.98 Å². The largest absolute Gasteiger partial charge is 0.463 e. The van der Waals surface area contributed by atoms with Crippen molar-refractivity contribution in [3.05, 3.63) is 65.2 Å². The van der Waals surface area contributed by atoms with Crippen LogP contribution in [0.2, 0.25) is 0 Å². The first-order valence-corrected chi connectivity index (χ1v) is 7.07. The van der Waals surface area contributed by atoms with E-state index in [1.807, 2.05) is 18.2 Å². The van der Waals surface area contributed by atoms with Crippen molar-refractivity contribution in [2.45, 2.75) is 13.1 Å². The highest BCUT2D eigenvalue weighted by molar-refractivity contribution is 7.15. The second kappa shape index (κ2) is 5.98. The molecule has 3 aromatic rings. The monoisotopic (exact) mass is 288 g/mol. The minimum absolute atomic E-state index is 0.185. The van der Waals surface area contributed by atoms with Gasteiger partial charge in [0.05, 0.1) is 11.1 Å². The third kappa shape index (κ3) is 2.95. The number of hydrogen-bond acceptors (Lipinski definition) is 4. The molecule has 2 aromatic heterocycles. The van der Waals surface area contributed by atoms with Crippen molar-refractivity contribution in [2.75, 3.05) is 0 Å². The Morgan fingerprint density at radius 3 is 2.85 bits per heavy atom. The lowest BCUT2D eigenvalue weighted by molar-refractivity contribution is 0.583. The van der Waals surface area contributed by atoms with E-state index in [9.17, 15) is 4.39 Å². The van der Waals surface area contributed by atoms with Crippen LogP contribution >= 0.6 is 11.3 Å². The maximum absolute atomic E-state index is 13.4. The Morgan fingerprint density at radius 2 is 2.05 bits per heavy atom. The fourth-order valence-electron chi connectivity index (χ4n) is 1.87. The fourth-order valence-corrected chi connectivity index (χ4v) is 2.73. The molecule has 0 fully saturated rings. The number of nitrogens with one attached hydrogen (secondary N) is 1. The van der Waals surface area contributed by atoms with Crippen LogP contribution in [0.4, 0.5) is 4.39 Å². The molecule has 0 unspecified atom stereocenters. The van der Waals surface area contributed by atoms with Gasteiger partial charge in [0, 0.05) is 24.8 Å². The second-order valence-electron chi connectivity index (χ2n) is 4.29. The average Bonchev–Trinajstić information content (AvgIpc) is 3.11. The van der Waals surface area contributed by atoms with Crippen molar-refractivity contribution < 1.29 is 8.81 Å². The van der Waals surface area contributed by atoms with Crippen LogP contribution in [0, 0.1) is 5.82 Å². The molecule has 3 nitrogen and oxygen atoms in total. The van der Waals surface area contributed by atoms with Crippen molar-refractivity contribution >= 4 is 11.3 Å². The van der Waals surface area contributed by atoms with E-state index in [-0.39, 0.29) is 5.82 Å². The van der Waals surface area contributed by atoms with Crippen LogP contribution in [0.15, 0.2) is 53.3 Å². The summed E-state index contributed by atoms with van der Waals surface area (Å²) in [6.07, 6.45) is 3.44. The van der Waals surface area contributed by atoms with Gasteiger partial charge in [0.2, 0.25) is 0 Å². The Morgan fingerprint density at radius 1 is 1.15 bits per heavy atom. The van der Waals surface area contributed by atoms with Crippen molar-refractivity contribution in [3.63, 3.8) is 0 Å². The van der Waals surface area contributed by atoms with Gasteiger partial charge in [0.15, 0.2) is 0 Å². The number of thiazole rings is 1. The maximum Gasteiger partial charge on any atom is 0.145 e. The van der Waals surface area contributed by atoms with Crippen molar-refractivity contribution in [2.24, 2.45) is 0 Å². The standard InChI is InChI=1S/C15H13FN2OS/c16-12-5-2-1-4-11(12)8-17-10-15-18-9-14(20-15)13-6-3-7-19-13/h1-7,9,17H,8,10H2. The third-order valence-electron chi connectivity index (χ3n) is 2.87. The summed E-state index contributed by atoms with van der Waals surface area (Å²) in [4.78, 5) is 5.33. The molecule has 2 heterocycles. The molecule has 20 heavy (non-hydrogen) atoms. The summed E-state index contributed by atoms with van der Waals surface area (Å²) in [6, 6.07) is 10.5. The van der Waals surface area contributed by atoms with Crippen LogP contribution in [0.3, 0.4) is 0 Å². The van der Waals surface area contributed by atoms with Crippen LogP contribution in [0.5, 0.6) is 0 Å². The summed E-state index contributed by atoms with van der Waals surface area (Å²) in [6.45, 7) is 1.10. The molecule has 3 rings (SSSR count). The van der Waals surface area contributed by atoms with Crippen LogP contribution in [0.1, 0.15) is 10.6 Å². The summed E-state index contributed by atoms with van der Waals surface area (Å²) in [5.74, 6) is 0.637. The lowest BCUT2D eigenvalue weighted by Crippen LogP contribution is -2.13. The number of halogens is 1. The van der Waals surface area contributed by atoms with E-state index in [1.165, 1.54) is 6.07 Å². The predicted octanol–water partition coefficient (Wildman–Crippen LogP) is 3.83. The Balaban J connectivity index is 1.58. The molecule has 0 aliphatic rings. The first kappa shape index (κ1) is 13.0. The summed E-state index contributed by atoms with van der Waals surface area (Å²) in [5, 5.41) is 4.15. The van der Waals surface area contributed by atoms with Crippen molar-refractivity contribution in [1.82, 2.24) is 10.3 Å². The molecule has 0 aliphatic carbocycles. The highest BCUT2D eigenvalue weighted by Crippen LogP contribution is 2.26. The van der Waals surface area contributed by atoms with Gasteiger partial charge in [-0.05, 0) is 18.2 Å². The van der Waals surface area contributed by atoms with Gasteiger partial charge in [0.1, 0.15) is 16.6 Å². The predicted molar refractivity (Wildman–Crippen MR) is 76.8 cm³/mol. The summed E-state index contributed by atoms with van der Waals surface area (Å²) in [7, 11) is 0. The molecule has 102 valence electrons. The van der Waals surface area contributed by atoms with Gasteiger partial charge in [-0.3, -0.25) is 0 Å². The van der Waals surface area contributed by atoms with Crippen molar-refractivity contribution in [3.8, 4) is 10.6 Å². The molecule has 1 N–H and O–H groups in total. The fraction of sp³-hybridized carbons (Fsp3) is 0.133. The third-order valence-corrected chi connectivity index (χ3v) is 3.88.